The molecule has 0 aromatic heterocycles. The molecule has 0 amide bonds. The Kier molecular flexibility index (Phi) is 7.71. The molecule has 4 N–H and O–H groups in total. The fourth-order valence-corrected chi connectivity index (χ4v) is 6.06. The van der Waals surface area contributed by atoms with Crippen LogP contribution in [-0.4, -0.2) is 22.2 Å². The van der Waals surface area contributed by atoms with Crippen LogP contribution in [0, 0.1) is 13.8 Å². The van der Waals surface area contributed by atoms with Gasteiger partial charge in [0.1, 0.15) is 5.41 Å². The lowest BCUT2D eigenvalue weighted by atomic mass is 9.69. The van der Waals surface area contributed by atoms with Crippen molar-refractivity contribution in [1.82, 2.24) is 0 Å². The van der Waals surface area contributed by atoms with Gasteiger partial charge in [-0.15, -0.1) is 11.8 Å². The first-order valence-electron chi connectivity index (χ1n) is 12.1. The van der Waals surface area contributed by atoms with Crippen LogP contribution in [0.15, 0.2) is 88.9 Å². The summed E-state index contributed by atoms with van der Waals surface area (Å²) in [4.78, 5) is 25.8. The molecular formula is C31H31NO4S. The molecule has 0 saturated heterocycles. The lowest BCUT2D eigenvalue weighted by Gasteiger charge is -2.33. The summed E-state index contributed by atoms with van der Waals surface area (Å²) in [5, 5.41) is 20.2. The van der Waals surface area contributed by atoms with Crippen molar-refractivity contribution in [1.29, 1.82) is 0 Å². The fourth-order valence-electron chi connectivity index (χ4n) is 4.92. The van der Waals surface area contributed by atoms with Crippen LogP contribution in [-0.2, 0) is 27.3 Å². The number of hydrogen-bond donors (Lipinski definition) is 3. The van der Waals surface area contributed by atoms with Gasteiger partial charge in [0, 0.05) is 29.2 Å². The molecule has 0 heterocycles. The molecule has 0 fully saturated rings. The Balaban J connectivity index is 1.74. The summed E-state index contributed by atoms with van der Waals surface area (Å²) in [6.07, 6.45) is 3.13. The predicted octanol–water partition coefficient (Wildman–Crippen LogP) is 6.40. The van der Waals surface area contributed by atoms with Crippen molar-refractivity contribution in [2.75, 3.05) is 0 Å². The Hall–Kier alpha value is -3.61. The minimum atomic E-state index is -1.48. The van der Waals surface area contributed by atoms with Gasteiger partial charge < -0.3 is 15.9 Å². The topological polar surface area (TPSA) is 101 Å². The molecule has 1 aliphatic rings. The number of hydrogen-bond acceptors (Lipinski definition) is 4. The van der Waals surface area contributed by atoms with Gasteiger partial charge in [0.2, 0.25) is 0 Å². The van der Waals surface area contributed by atoms with E-state index in [0.717, 1.165) is 32.7 Å². The summed E-state index contributed by atoms with van der Waals surface area (Å²) in [6.45, 7) is 6.12. The van der Waals surface area contributed by atoms with Crippen LogP contribution in [0.25, 0.3) is 11.1 Å². The molecule has 0 saturated carbocycles. The second-order valence-corrected chi connectivity index (χ2v) is 10.5. The number of benzene rings is 3. The number of carboxylic acid groups (broad SMARTS) is 2. The van der Waals surface area contributed by atoms with Gasteiger partial charge in [0.05, 0.1) is 0 Å². The molecule has 190 valence electrons. The third-order valence-electron chi connectivity index (χ3n) is 7.18. The number of carbonyl (C=O) groups is 2. The van der Waals surface area contributed by atoms with E-state index < -0.39 is 17.4 Å². The van der Waals surface area contributed by atoms with Crippen molar-refractivity contribution in [3.63, 3.8) is 0 Å². The van der Waals surface area contributed by atoms with Crippen LogP contribution >= 0.6 is 11.8 Å². The monoisotopic (exact) mass is 513 g/mol. The van der Waals surface area contributed by atoms with E-state index in [0.29, 0.717) is 16.9 Å². The maximum Gasteiger partial charge on any atom is 0.331 e. The van der Waals surface area contributed by atoms with Gasteiger partial charge in [-0.05, 0) is 65.8 Å². The zero-order chi connectivity index (χ0) is 26.7. The lowest BCUT2D eigenvalue weighted by Crippen LogP contribution is -2.38. The molecule has 1 aliphatic carbocycles. The molecule has 3 aromatic rings. The molecular weight excluding hydrogens is 482 g/mol. The van der Waals surface area contributed by atoms with Gasteiger partial charge >= 0.3 is 11.9 Å². The quantitative estimate of drug-likeness (QED) is 0.301. The second-order valence-electron chi connectivity index (χ2n) is 9.48. The maximum atomic E-state index is 12.8. The van der Waals surface area contributed by atoms with Gasteiger partial charge in [-0.2, -0.15) is 0 Å². The highest BCUT2D eigenvalue weighted by Crippen LogP contribution is 2.42. The molecule has 0 radical (unpaired) electrons. The van der Waals surface area contributed by atoms with E-state index in [1.807, 2.05) is 12.1 Å². The predicted molar refractivity (Wildman–Crippen MR) is 149 cm³/mol. The van der Waals surface area contributed by atoms with Crippen molar-refractivity contribution in [2.24, 2.45) is 5.73 Å². The molecule has 6 heteroatoms. The fraction of sp³-hybridized carbons (Fsp3) is 0.226. The van der Waals surface area contributed by atoms with Gasteiger partial charge in [0.25, 0.3) is 0 Å². The second kappa shape index (κ2) is 10.8. The number of nitrogens with two attached hydrogens (primary N) is 1. The molecule has 0 aliphatic heterocycles. The molecule has 4 rings (SSSR count). The van der Waals surface area contributed by atoms with Crippen LogP contribution in [0.5, 0.6) is 0 Å². The summed E-state index contributed by atoms with van der Waals surface area (Å²) >= 11 is 1.64. The number of allylic oxidation sites excluding steroid dienone is 2. The number of aryl methyl sites for hydroxylation is 1. The first kappa shape index (κ1) is 26.5. The van der Waals surface area contributed by atoms with Crippen molar-refractivity contribution >= 4 is 23.7 Å². The lowest BCUT2D eigenvalue weighted by molar-refractivity contribution is -0.142. The van der Waals surface area contributed by atoms with Crippen molar-refractivity contribution in [3.05, 3.63) is 112 Å². The van der Waals surface area contributed by atoms with Gasteiger partial charge in [0.15, 0.2) is 0 Å². The first-order valence-corrected chi connectivity index (χ1v) is 13.1. The van der Waals surface area contributed by atoms with Crippen LogP contribution in [0.2, 0.25) is 0 Å². The number of carboxylic acids is 2. The number of rotatable bonds is 8. The summed E-state index contributed by atoms with van der Waals surface area (Å²) in [5.41, 5.74) is 12.2. The summed E-state index contributed by atoms with van der Waals surface area (Å²) in [5.74, 6) is -1.66. The summed E-state index contributed by atoms with van der Waals surface area (Å²) < 4.78 is 0. The minimum absolute atomic E-state index is 0.114. The SMILES string of the molecule is CC1=C(C(=O)O)CC(C(=O)O)(c2cccc(CN)c2CSc2cccc(-c3ccc(C)cc3)c2C)C=C1. The number of aliphatic carboxylic acids is 2. The van der Waals surface area contributed by atoms with Crippen LogP contribution < -0.4 is 5.73 Å². The Labute approximate surface area is 221 Å². The molecule has 3 aromatic carbocycles. The highest BCUT2D eigenvalue weighted by atomic mass is 32.2. The minimum Gasteiger partial charge on any atom is -0.480 e. The maximum absolute atomic E-state index is 12.8. The third-order valence-corrected chi connectivity index (χ3v) is 8.37. The molecule has 1 atom stereocenters. The highest BCUT2D eigenvalue weighted by Gasteiger charge is 2.43. The summed E-state index contributed by atoms with van der Waals surface area (Å²) in [6, 6.07) is 20.2. The third kappa shape index (κ3) is 5.13. The molecule has 37 heavy (non-hydrogen) atoms. The van der Waals surface area contributed by atoms with E-state index in [-0.39, 0.29) is 18.5 Å². The van der Waals surface area contributed by atoms with Crippen molar-refractivity contribution in [3.8, 4) is 11.1 Å². The van der Waals surface area contributed by atoms with E-state index in [1.54, 1.807) is 43.0 Å². The zero-order valence-corrected chi connectivity index (χ0v) is 22.1. The van der Waals surface area contributed by atoms with E-state index in [4.69, 9.17) is 5.73 Å². The van der Waals surface area contributed by atoms with Gasteiger partial charge in [-0.1, -0.05) is 72.3 Å². The normalized spacial score (nSPS) is 17.2. The average Bonchev–Trinajstić information content (AvgIpc) is 2.88. The summed E-state index contributed by atoms with van der Waals surface area (Å²) in [7, 11) is 0. The van der Waals surface area contributed by atoms with E-state index in [1.165, 1.54) is 5.56 Å². The van der Waals surface area contributed by atoms with Crippen LogP contribution in [0.3, 0.4) is 0 Å². The van der Waals surface area contributed by atoms with Crippen molar-refractivity contribution < 1.29 is 19.8 Å². The van der Waals surface area contributed by atoms with Gasteiger partial charge in [-0.3, -0.25) is 4.79 Å². The zero-order valence-electron chi connectivity index (χ0n) is 21.2. The molecule has 1 unspecified atom stereocenters. The molecule has 0 spiro atoms. The van der Waals surface area contributed by atoms with E-state index >= 15 is 0 Å². The largest absolute Gasteiger partial charge is 0.480 e. The van der Waals surface area contributed by atoms with Crippen LogP contribution in [0.1, 0.15) is 41.2 Å². The number of thioether (sulfide) groups is 1. The van der Waals surface area contributed by atoms with Crippen molar-refractivity contribution in [2.45, 2.75) is 49.8 Å². The molecule has 0 bridgehead atoms. The van der Waals surface area contributed by atoms with E-state index in [2.05, 4.69) is 50.2 Å². The standard InChI is InChI=1S/C31H31NO4S/c1-19-10-12-22(13-11-19)24-7-5-9-28(21(24)3)37-18-26-23(17-32)6-4-8-27(26)31(30(35)36)15-14-20(2)25(16-31)29(33)34/h4-15H,16-18,32H2,1-3H3,(H,33,34)(H,35,36). The molecule has 5 nitrogen and oxygen atoms in total. The average molecular weight is 514 g/mol. The Bertz CT molecular complexity index is 1420. The van der Waals surface area contributed by atoms with Crippen LogP contribution in [0.4, 0.5) is 0 Å². The Morgan fingerprint density at radius 1 is 0.973 bits per heavy atom. The van der Waals surface area contributed by atoms with E-state index in [9.17, 15) is 19.8 Å². The smallest absolute Gasteiger partial charge is 0.331 e. The first-order chi connectivity index (χ1) is 17.7. The highest BCUT2D eigenvalue weighted by molar-refractivity contribution is 7.98. The Morgan fingerprint density at radius 2 is 1.68 bits per heavy atom. The van der Waals surface area contributed by atoms with Gasteiger partial charge in [-0.25, -0.2) is 4.79 Å². The Morgan fingerprint density at radius 3 is 2.32 bits per heavy atom.